The Labute approximate surface area is 93.9 Å². The molecule has 0 radical (unpaired) electrons. The predicted molar refractivity (Wildman–Crippen MR) is 64.0 cm³/mol. The van der Waals surface area contributed by atoms with Gasteiger partial charge in [0.05, 0.1) is 6.10 Å². The number of nitrogens with one attached hydrogen (secondary N) is 1. The Kier molecular flexibility index (Phi) is 5.58. The summed E-state index contributed by atoms with van der Waals surface area (Å²) in [5, 5.41) is 13.1. The Balaban J connectivity index is 2.01. The summed E-state index contributed by atoms with van der Waals surface area (Å²) in [5.74, 6) is 0. The van der Waals surface area contributed by atoms with Crippen LogP contribution < -0.4 is 5.32 Å². The summed E-state index contributed by atoms with van der Waals surface area (Å²) in [5.41, 5.74) is 0. The van der Waals surface area contributed by atoms with Crippen LogP contribution in [0.15, 0.2) is 0 Å². The van der Waals surface area contributed by atoms with Crippen LogP contribution in [0.5, 0.6) is 0 Å². The van der Waals surface area contributed by atoms with E-state index in [0.29, 0.717) is 12.1 Å². The molecule has 0 aromatic rings. The van der Waals surface area contributed by atoms with E-state index in [-0.39, 0.29) is 6.10 Å². The Morgan fingerprint density at radius 1 is 1.40 bits per heavy atom. The first kappa shape index (κ1) is 12.9. The van der Waals surface area contributed by atoms with Crippen LogP contribution in [0.1, 0.15) is 39.5 Å². The Bertz CT molecular complexity index is 173. The van der Waals surface area contributed by atoms with Crippen LogP contribution in [0.4, 0.5) is 0 Å². The highest BCUT2D eigenvalue weighted by molar-refractivity contribution is 4.82. The molecule has 0 aliphatic heterocycles. The zero-order chi connectivity index (χ0) is 11.3. The van der Waals surface area contributed by atoms with Crippen molar-refractivity contribution in [3.63, 3.8) is 0 Å². The van der Waals surface area contributed by atoms with Crippen molar-refractivity contribution in [1.82, 2.24) is 10.2 Å². The van der Waals surface area contributed by atoms with Crippen LogP contribution in [0, 0.1) is 0 Å². The number of aliphatic hydroxyl groups is 1. The highest BCUT2D eigenvalue weighted by Crippen LogP contribution is 2.18. The molecule has 2 N–H and O–H groups in total. The second-order valence-electron chi connectivity index (χ2n) is 4.99. The quantitative estimate of drug-likeness (QED) is 0.653. The van der Waals surface area contributed by atoms with Crippen molar-refractivity contribution >= 4 is 0 Å². The van der Waals surface area contributed by atoms with Gasteiger partial charge in [0.15, 0.2) is 0 Å². The number of aliphatic hydroxyl groups excluding tert-OH is 1. The van der Waals surface area contributed by atoms with Gasteiger partial charge in [0, 0.05) is 12.1 Å². The lowest BCUT2D eigenvalue weighted by Gasteiger charge is -2.22. The minimum Gasteiger partial charge on any atom is -0.392 e. The summed E-state index contributed by atoms with van der Waals surface area (Å²) in [6.45, 7) is 6.59. The average molecular weight is 214 g/mol. The lowest BCUT2D eigenvalue weighted by Crippen LogP contribution is -2.37. The normalized spacial score (nSPS) is 26.8. The molecule has 0 spiro atoms. The molecule has 0 saturated heterocycles. The third-order valence-electron chi connectivity index (χ3n) is 3.46. The summed E-state index contributed by atoms with van der Waals surface area (Å²) >= 11 is 0. The zero-order valence-electron chi connectivity index (χ0n) is 10.4. The van der Waals surface area contributed by atoms with Crippen molar-refractivity contribution in [3.05, 3.63) is 0 Å². The van der Waals surface area contributed by atoms with Crippen molar-refractivity contribution < 1.29 is 5.11 Å². The minimum absolute atomic E-state index is 0.104. The summed E-state index contributed by atoms with van der Waals surface area (Å²) in [7, 11) is 2.16. The highest BCUT2D eigenvalue weighted by atomic mass is 16.3. The molecule has 0 aromatic carbocycles. The Morgan fingerprint density at radius 3 is 2.67 bits per heavy atom. The summed E-state index contributed by atoms with van der Waals surface area (Å²) in [6, 6.07) is 0.983. The first-order valence-corrected chi connectivity index (χ1v) is 6.23. The maximum absolute atomic E-state index is 9.61. The van der Waals surface area contributed by atoms with Crippen LogP contribution in [0.25, 0.3) is 0 Å². The van der Waals surface area contributed by atoms with Crippen LogP contribution in [-0.4, -0.2) is 48.3 Å². The molecular weight excluding hydrogens is 188 g/mol. The molecule has 90 valence electrons. The van der Waals surface area contributed by atoms with E-state index in [9.17, 15) is 5.11 Å². The molecule has 1 rings (SSSR count). The second kappa shape index (κ2) is 6.46. The molecule has 0 amide bonds. The molecule has 0 aromatic heterocycles. The van der Waals surface area contributed by atoms with Crippen molar-refractivity contribution in [3.8, 4) is 0 Å². The van der Waals surface area contributed by atoms with Crippen LogP contribution in [0.2, 0.25) is 0 Å². The number of rotatable bonds is 6. The van der Waals surface area contributed by atoms with E-state index >= 15 is 0 Å². The molecule has 3 nitrogen and oxygen atoms in total. The zero-order valence-corrected chi connectivity index (χ0v) is 10.4. The van der Waals surface area contributed by atoms with Gasteiger partial charge in [-0.15, -0.1) is 0 Å². The van der Waals surface area contributed by atoms with Crippen molar-refractivity contribution in [2.75, 3.05) is 20.1 Å². The van der Waals surface area contributed by atoms with Gasteiger partial charge in [-0.2, -0.15) is 0 Å². The molecule has 3 heteroatoms. The van der Waals surface area contributed by atoms with Crippen molar-refractivity contribution in [2.24, 2.45) is 0 Å². The van der Waals surface area contributed by atoms with E-state index in [1.165, 1.54) is 6.42 Å². The molecule has 0 bridgehead atoms. The third kappa shape index (κ3) is 4.49. The Hall–Kier alpha value is -0.120. The van der Waals surface area contributed by atoms with E-state index in [1.54, 1.807) is 0 Å². The molecule has 1 aliphatic carbocycles. The maximum atomic E-state index is 9.61. The van der Waals surface area contributed by atoms with E-state index in [0.717, 1.165) is 32.4 Å². The standard InChI is InChI=1S/C12H26N2O/c1-10(2)14(3)9-5-8-13-11-6-4-7-12(11)15/h10-13,15H,4-9H2,1-3H3. The van der Waals surface area contributed by atoms with Gasteiger partial charge in [0.2, 0.25) is 0 Å². The number of nitrogens with zero attached hydrogens (tertiary/aromatic N) is 1. The number of hydrogen-bond donors (Lipinski definition) is 2. The lowest BCUT2D eigenvalue weighted by molar-refractivity contribution is 0.148. The van der Waals surface area contributed by atoms with Gasteiger partial charge in [0.25, 0.3) is 0 Å². The lowest BCUT2D eigenvalue weighted by atomic mass is 10.2. The number of hydrogen-bond acceptors (Lipinski definition) is 3. The van der Waals surface area contributed by atoms with E-state index in [4.69, 9.17) is 0 Å². The molecule has 15 heavy (non-hydrogen) atoms. The highest BCUT2D eigenvalue weighted by Gasteiger charge is 2.23. The summed E-state index contributed by atoms with van der Waals surface area (Å²) < 4.78 is 0. The fourth-order valence-electron chi connectivity index (χ4n) is 2.05. The monoisotopic (exact) mass is 214 g/mol. The first-order valence-electron chi connectivity index (χ1n) is 6.23. The van der Waals surface area contributed by atoms with E-state index in [2.05, 4.69) is 31.1 Å². The van der Waals surface area contributed by atoms with Gasteiger partial charge in [0.1, 0.15) is 0 Å². The molecular formula is C12H26N2O. The van der Waals surface area contributed by atoms with Gasteiger partial charge in [-0.1, -0.05) is 0 Å². The molecule has 2 unspecified atom stereocenters. The van der Waals surface area contributed by atoms with Crippen molar-refractivity contribution in [1.29, 1.82) is 0 Å². The van der Waals surface area contributed by atoms with Crippen molar-refractivity contribution in [2.45, 2.75) is 57.7 Å². The average Bonchev–Trinajstić information content (AvgIpc) is 2.58. The molecule has 1 aliphatic rings. The topological polar surface area (TPSA) is 35.5 Å². The minimum atomic E-state index is -0.104. The molecule has 2 atom stereocenters. The first-order chi connectivity index (χ1) is 7.11. The maximum Gasteiger partial charge on any atom is 0.0693 e. The van der Waals surface area contributed by atoms with E-state index < -0.39 is 0 Å². The third-order valence-corrected chi connectivity index (χ3v) is 3.46. The second-order valence-corrected chi connectivity index (χ2v) is 4.99. The van der Waals surface area contributed by atoms with Crippen LogP contribution in [-0.2, 0) is 0 Å². The SMILES string of the molecule is CC(C)N(C)CCCNC1CCCC1O. The van der Waals surface area contributed by atoms with Gasteiger partial charge in [-0.05, 0) is 59.7 Å². The van der Waals surface area contributed by atoms with E-state index in [1.807, 2.05) is 0 Å². The van der Waals surface area contributed by atoms with Gasteiger partial charge in [-0.25, -0.2) is 0 Å². The largest absolute Gasteiger partial charge is 0.392 e. The van der Waals surface area contributed by atoms with Gasteiger partial charge < -0.3 is 15.3 Å². The van der Waals surface area contributed by atoms with Gasteiger partial charge in [-0.3, -0.25) is 0 Å². The predicted octanol–water partition coefficient (Wildman–Crippen LogP) is 1.22. The summed E-state index contributed by atoms with van der Waals surface area (Å²) in [6.07, 6.45) is 4.35. The molecule has 1 saturated carbocycles. The van der Waals surface area contributed by atoms with Gasteiger partial charge >= 0.3 is 0 Å². The Morgan fingerprint density at radius 2 is 2.13 bits per heavy atom. The fourth-order valence-corrected chi connectivity index (χ4v) is 2.05. The fraction of sp³-hybridized carbons (Fsp3) is 1.00. The summed E-state index contributed by atoms with van der Waals surface area (Å²) in [4.78, 5) is 2.35. The molecule has 0 heterocycles. The van der Waals surface area contributed by atoms with Crippen LogP contribution in [0.3, 0.4) is 0 Å². The molecule has 1 fully saturated rings. The van der Waals surface area contributed by atoms with Crippen LogP contribution >= 0.6 is 0 Å². The smallest absolute Gasteiger partial charge is 0.0693 e.